The highest BCUT2D eigenvalue weighted by molar-refractivity contribution is 8.03. The van der Waals surface area contributed by atoms with Crippen LogP contribution in [0.5, 0.6) is 0 Å². The van der Waals surface area contributed by atoms with Gasteiger partial charge in [-0.15, -0.1) is 11.8 Å². The molecule has 2 bridgehead atoms. The van der Waals surface area contributed by atoms with Crippen molar-refractivity contribution in [2.75, 3.05) is 7.05 Å². The van der Waals surface area contributed by atoms with Crippen molar-refractivity contribution in [1.29, 1.82) is 0 Å². The zero-order chi connectivity index (χ0) is 16.2. The van der Waals surface area contributed by atoms with Gasteiger partial charge in [0.25, 0.3) is 0 Å². The second-order valence-corrected chi connectivity index (χ2v) is 9.28. The Bertz CT molecular complexity index is 632. The minimum atomic E-state index is -3.30. The van der Waals surface area contributed by atoms with Crippen molar-refractivity contribution in [2.24, 2.45) is 0 Å². The van der Waals surface area contributed by atoms with Crippen LogP contribution in [0.1, 0.15) is 13.3 Å². The summed E-state index contributed by atoms with van der Waals surface area (Å²) in [5, 5.41) is -0.446. The summed E-state index contributed by atoms with van der Waals surface area (Å²) in [6, 6.07) is -0.329. The number of ether oxygens (including phenoxy) is 2. The highest BCUT2D eigenvalue weighted by Crippen LogP contribution is 2.56. The van der Waals surface area contributed by atoms with Gasteiger partial charge in [0.2, 0.25) is 10.0 Å². The molecule has 122 valence electrons. The number of likely N-dealkylation sites (N-methyl/N-ethyl adjacent to an activating group) is 1. The van der Waals surface area contributed by atoms with E-state index in [9.17, 15) is 18.0 Å². The Morgan fingerprint density at radius 3 is 2.77 bits per heavy atom. The lowest BCUT2D eigenvalue weighted by atomic mass is 9.92. The van der Waals surface area contributed by atoms with E-state index in [4.69, 9.17) is 9.47 Å². The van der Waals surface area contributed by atoms with Crippen LogP contribution < -0.4 is 0 Å². The Morgan fingerprint density at radius 2 is 2.14 bits per heavy atom. The van der Waals surface area contributed by atoms with Crippen LogP contribution in [-0.4, -0.2) is 65.7 Å². The molecule has 0 saturated carbocycles. The zero-order valence-corrected chi connectivity index (χ0v) is 13.8. The number of carbonyl (C=O) groups is 2. The van der Waals surface area contributed by atoms with Gasteiger partial charge < -0.3 is 9.47 Å². The van der Waals surface area contributed by atoms with Crippen LogP contribution in [0, 0.1) is 0 Å². The molecule has 0 amide bonds. The molecule has 6 atom stereocenters. The second kappa shape index (κ2) is 5.24. The van der Waals surface area contributed by atoms with Gasteiger partial charge in [0, 0.05) is 23.6 Å². The van der Waals surface area contributed by atoms with E-state index in [2.05, 4.69) is 6.58 Å². The van der Waals surface area contributed by atoms with Crippen LogP contribution in [0.3, 0.4) is 0 Å². The molecule has 22 heavy (non-hydrogen) atoms. The number of hydrogen-bond acceptors (Lipinski definition) is 7. The number of esters is 2. The van der Waals surface area contributed by atoms with Gasteiger partial charge in [0.15, 0.2) is 6.10 Å². The standard InChI is InChI=1S/C13H17NO6S2/c1-4-9(15)19-6(2)13(16)20-11-7-5-8-12(21-7)10(11)14(3)22(8,17)18/h4,6-8,10-12H,1,5H2,2-3H3. The lowest BCUT2D eigenvalue weighted by Crippen LogP contribution is -2.47. The van der Waals surface area contributed by atoms with Crippen molar-refractivity contribution in [3.8, 4) is 0 Å². The van der Waals surface area contributed by atoms with Gasteiger partial charge in [0.1, 0.15) is 6.10 Å². The Morgan fingerprint density at radius 1 is 1.45 bits per heavy atom. The molecule has 9 heteroatoms. The summed E-state index contributed by atoms with van der Waals surface area (Å²) in [6.07, 6.45) is -0.0734. The molecular weight excluding hydrogens is 330 g/mol. The molecule has 0 spiro atoms. The second-order valence-electron chi connectivity index (χ2n) is 5.65. The summed E-state index contributed by atoms with van der Waals surface area (Å²) < 4.78 is 36.1. The normalized spacial score (nSPS) is 39.5. The SMILES string of the molecule is C=CC(=O)OC(C)C(=O)OC1C2CC3C(S2)C1N(C)S3(=O)=O. The van der Waals surface area contributed by atoms with Crippen LogP contribution in [0.4, 0.5) is 0 Å². The van der Waals surface area contributed by atoms with Gasteiger partial charge in [-0.3, -0.25) is 0 Å². The molecule has 7 nitrogen and oxygen atoms in total. The van der Waals surface area contributed by atoms with Gasteiger partial charge in [-0.05, 0) is 13.3 Å². The van der Waals surface area contributed by atoms with Gasteiger partial charge >= 0.3 is 11.9 Å². The number of rotatable bonds is 4. The van der Waals surface area contributed by atoms with Crippen LogP contribution in [0.2, 0.25) is 0 Å². The number of hydrogen-bond donors (Lipinski definition) is 0. The van der Waals surface area contributed by atoms with Gasteiger partial charge in [-0.25, -0.2) is 18.0 Å². The summed E-state index contributed by atoms with van der Waals surface area (Å²) in [7, 11) is -1.77. The molecule has 0 aromatic rings. The minimum Gasteiger partial charge on any atom is -0.457 e. The van der Waals surface area contributed by atoms with E-state index >= 15 is 0 Å². The Balaban J connectivity index is 1.71. The molecule has 0 aliphatic carbocycles. The lowest BCUT2D eigenvalue weighted by molar-refractivity contribution is -0.169. The molecule has 0 aromatic heterocycles. The van der Waals surface area contributed by atoms with E-state index in [-0.39, 0.29) is 21.8 Å². The predicted molar refractivity (Wildman–Crippen MR) is 79.7 cm³/mol. The average molecular weight is 347 g/mol. The van der Waals surface area contributed by atoms with Crippen LogP contribution in [0.25, 0.3) is 0 Å². The van der Waals surface area contributed by atoms with Gasteiger partial charge in [0.05, 0.1) is 11.3 Å². The third kappa shape index (κ3) is 2.17. The van der Waals surface area contributed by atoms with Gasteiger partial charge in [-0.1, -0.05) is 6.58 Å². The highest BCUT2D eigenvalue weighted by atomic mass is 32.2. The first kappa shape index (κ1) is 15.8. The summed E-state index contributed by atoms with van der Waals surface area (Å²) >= 11 is 1.57. The van der Waals surface area contributed by atoms with E-state index in [0.717, 1.165) is 6.08 Å². The fraction of sp³-hybridized carbons (Fsp3) is 0.692. The van der Waals surface area contributed by atoms with Crippen LogP contribution >= 0.6 is 11.8 Å². The molecular formula is C13H17NO6S2. The van der Waals surface area contributed by atoms with Gasteiger partial charge in [-0.2, -0.15) is 4.31 Å². The first-order valence-corrected chi connectivity index (χ1v) is 9.38. The highest BCUT2D eigenvalue weighted by Gasteiger charge is 2.67. The maximum absolute atomic E-state index is 12.3. The van der Waals surface area contributed by atoms with E-state index < -0.39 is 34.2 Å². The summed E-state index contributed by atoms with van der Waals surface area (Å²) in [5.74, 6) is -1.37. The van der Waals surface area contributed by atoms with E-state index in [1.54, 1.807) is 11.8 Å². The molecule has 0 N–H and O–H groups in total. The van der Waals surface area contributed by atoms with E-state index in [1.165, 1.54) is 18.3 Å². The number of sulfonamides is 1. The Hall–Kier alpha value is -1.06. The number of fused-ring (bicyclic) bond motifs is 1. The summed E-state index contributed by atoms with van der Waals surface area (Å²) in [6.45, 7) is 4.68. The van der Waals surface area contributed by atoms with E-state index in [1.807, 2.05) is 0 Å². The first-order chi connectivity index (χ1) is 10.3. The van der Waals surface area contributed by atoms with Crippen molar-refractivity contribution in [3.63, 3.8) is 0 Å². The molecule has 0 radical (unpaired) electrons. The predicted octanol–water partition coefficient (Wildman–Crippen LogP) is -0.0840. The smallest absolute Gasteiger partial charge is 0.347 e. The monoisotopic (exact) mass is 347 g/mol. The van der Waals surface area contributed by atoms with Crippen LogP contribution in [0.15, 0.2) is 12.7 Å². The molecule has 3 rings (SSSR count). The topological polar surface area (TPSA) is 90.0 Å². The molecule has 3 aliphatic rings. The van der Waals surface area contributed by atoms with Crippen molar-refractivity contribution >= 4 is 33.7 Å². The number of nitrogens with zero attached hydrogens (tertiary/aromatic N) is 1. The summed E-state index contributed by atoms with van der Waals surface area (Å²) in [4.78, 5) is 23.2. The average Bonchev–Trinajstić information content (AvgIpc) is 3.07. The first-order valence-electron chi connectivity index (χ1n) is 6.93. The molecule has 3 saturated heterocycles. The molecule has 3 aliphatic heterocycles. The Kier molecular flexibility index (Phi) is 3.77. The third-order valence-corrected chi connectivity index (χ3v) is 8.65. The minimum absolute atomic E-state index is 0.0222. The van der Waals surface area contributed by atoms with Crippen LogP contribution in [-0.2, 0) is 29.1 Å². The zero-order valence-electron chi connectivity index (χ0n) is 12.2. The molecule has 3 fully saturated rings. The Labute approximate surface area is 133 Å². The maximum Gasteiger partial charge on any atom is 0.347 e. The van der Waals surface area contributed by atoms with E-state index in [0.29, 0.717) is 6.42 Å². The summed E-state index contributed by atoms with van der Waals surface area (Å²) in [5.41, 5.74) is 0. The molecule has 6 unspecified atom stereocenters. The van der Waals surface area contributed by atoms with Crippen molar-refractivity contribution in [1.82, 2.24) is 4.31 Å². The fourth-order valence-electron chi connectivity index (χ4n) is 3.36. The maximum atomic E-state index is 12.3. The number of carbonyl (C=O) groups excluding carboxylic acids is 2. The quantitative estimate of drug-likeness (QED) is 0.519. The molecule has 0 aromatic carbocycles. The van der Waals surface area contributed by atoms with Crippen molar-refractivity contribution in [2.45, 2.75) is 47.3 Å². The lowest BCUT2D eigenvalue weighted by Gasteiger charge is -2.28. The van der Waals surface area contributed by atoms with Crippen molar-refractivity contribution in [3.05, 3.63) is 12.7 Å². The third-order valence-electron chi connectivity index (χ3n) is 4.45. The number of thioether (sulfide) groups is 1. The largest absolute Gasteiger partial charge is 0.457 e. The van der Waals surface area contributed by atoms with Crippen molar-refractivity contribution < 1.29 is 27.5 Å². The molecule has 3 heterocycles. The fourth-order valence-corrected chi connectivity index (χ4v) is 8.02.